The predicted molar refractivity (Wildman–Crippen MR) is 78.5 cm³/mol. The molecule has 0 bridgehead atoms. The molecule has 0 spiro atoms. The zero-order chi connectivity index (χ0) is 15.7. The fraction of sp³-hybridized carbons (Fsp3) is 0.462. The maximum Gasteiger partial charge on any atom is 0.243 e. The van der Waals surface area contributed by atoms with E-state index in [9.17, 15) is 13.2 Å². The van der Waals surface area contributed by atoms with Gasteiger partial charge in [0.2, 0.25) is 15.9 Å². The van der Waals surface area contributed by atoms with Crippen LogP contribution in [0, 0.1) is 19.8 Å². The Morgan fingerprint density at radius 2 is 1.70 bits per heavy atom. The van der Waals surface area contributed by atoms with E-state index >= 15 is 0 Å². The molecule has 1 unspecified atom stereocenters. The molecular weight excluding hydrogens is 278 g/mol. The molecule has 1 rings (SSSR count). The highest BCUT2D eigenvalue weighted by Gasteiger charge is 2.28. The Morgan fingerprint density at radius 1 is 1.20 bits per heavy atom. The van der Waals surface area contributed by atoms with Crippen LogP contribution in [0.2, 0.25) is 0 Å². The average molecular weight is 299 g/mol. The van der Waals surface area contributed by atoms with E-state index < -0.39 is 22.0 Å². The zero-order valence-corrected chi connectivity index (χ0v) is 12.9. The molecule has 20 heavy (non-hydrogen) atoms. The molecule has 0 fully saturated rings. The fourth-order valence-corrected chi connectivity index (χ4v) is 3.35. The minimum Gasteiger partial charge on any atom is -0.398 e. The Morgan fingerprint density at radius 3 is 2.15 bits per heavy atom. The molecule has 0 aliphatic heterocycles. The molecular formula is C13H21N3O3S. The van der Waals surface area contributed by atoms with E-state index in [-0.39, 0.29) is 16.5 Å². The lowest BCUT2D eigenvalue weighted by Gasteiger charge is -2.20. The highest BCUT2D eigenvalue weighted by Crippen LogP contribution is 2.23. The van der Waals surface area contributed by atoms with Crippen LogP contribution in [0.25, 0.3) is 0 Å². The normalized spacial score (nSPS) is 13.4. The third-order valence-corrected chi connectivity index (χ3v) is 4.67. The number of nitrogens with one attached hydrogen (secondary N) is 1. The second kappa shape index (κ2) is 5.80. The molecule has 1 aromatic rings. The Labute approximate surface area is 119 Å². The van der Waals surface area contributed by atoms with Crippen LogP contribution < -0.4 is 16.2 Å². The van der Waals surface area contributed by atoms with Gasteiger partial charge in [-0.05, 0) is 43.0 Å². The average Bonchev–Trinajstić information content (AvgIpc) is 2.30. The molecule has 1 atom stereocenters. The Hall–Kier alpha value is -1.60. The third-order valence-electron chi connectivity index (χ3n) is 3.17. The summed E-state index contributed by atoms with van der Waals surface area (Å²) < 4.78 is 27.0. The maximum atomic E-state index is 12.3. The van der Waals surface area contributed by atoms with Crippen LogP contribution >= 0.6 is 0 Å². The van der Waals surface area contributed by atoms with Gasteiger partial charge in [0.15, 0.2) is 0 Å². The molecule has 5 N–H and O–H groups in total. The van der Waals surface area contributed by atoms with Gasteiger partial charge in [-0.1, -0.05) is 13.8 Å². The number of amides is 1. The third kappa shape index (κ3) is 3.49. The lowest BCUT2D eigenvalue weighted by molar-refractivity contribution is -0.120. The molecule has 0 saturated carbocycles. The molecule has 6 nitrogen and oxygen atoms in total. The summed E-state index contributed by atoms with van der Waals surface area (Å²) in [4.78, 5) is 11.3. The molecule has 0 saturated heterocycles. The molecule has 0 radical (unpaired) electrons. The minimum atomic E-state index is -3.90. The van der Waals surface area contributed by atoms with E-state index in [0.29, 0.717) is 0 Å². The minimum absolute atomic E-state index is 0.0347. The molecule has 7 heteroatoms. The van der Waals surface area contributed by atoms with Crippen molar-refractivity contribution in [3.8, 4) is 0 Å². The second-order valence-corrected chi connectivity index (χ2v) is 6.90. The number of nitrogen functional groups attached to an aromatic ring is 1. The first-order chi connectivity index (χ1) is 9.06. The van der Waals surface area contributed by atoms with Crippen LogP contribution in [-0.2, 0) is 14.8 Å². The van der Waals surface area contributed by atoms with E-state index in [0.717, 1.165) is 11.1 Å². The molecule has 0 heterocycles. The van der Waals surface area contributed by atoms with Crippen molar-refractivity contribution in [3.05, 3.63) is 23.3 Å². The molecule has 112 valence electrons. The van der Waals surface area contributed by atoms with Crippen LogP contribution in [0.4, 0.5) is 5.69 Å². The molecule has 1 amide bonds. The number of nitrogens with two attached hydrogens (primary N) is 2. The number of aryl methyl sites for hydroxylation is 2. The van der Waals surface area contributed by atoms with Crippen molar-refractivity contribution in [2.75, 3.05) is 5.73 Å². The number of primary amides is 1. The van der Waals surface area contributed by atoms with Gasteiger partial charge in [-0.3, -0.25) is 4.79 Å². The number of carbonyl (C=O) groups is 1. The van der Waals surface area contributed by atoms with E-state index in [1.165, 1.54) is 6.07 Å². The van der Waals surface area contributed by atoms with Gasteiger partial charge < -0.3 is 11.5 Å². The van der Waals surface area contributed by atoms with Crippen LogP contribution in [0.15, 0.2) is 17.0 Å². The summed E-state index contributed by atoms with van der Waals surface area (Å²) in [6, 6.07) is 2.12. The van der Waals surface area contributed by atoms with Gasteiger partial charge in [0, 0.05) is 0 Å². The van der Waals surface area contributed by atoms with E-state index in [2.05, 4.69) is 4.72 Å². The molecule has 0 aliphatic rings. The van der Waals surface area contributed by atoms with Gasteiger partial charge in [-0.25, -0.2) is 8.42 Å². The molecule has 1 aromatic carbocycles. The highest BCUT2D eigenvalue weighted by molar-refractivity contribution is 7.89. The smallest absolute Gasteiger partial charge is 0.243 e. The van der Waals surface area contributed by atoms with E-state index in [1.54, 1.807) is 26.8 Å². The first kappa shape index (κ1) is 16.5. The predicted octanol–water partition coefficient (Wildman–Crippen LogP) is 0.674. The SMILES string of the molecule is Cc1cc(N)c(S(=O)(=O)NC(C(N)=O)C(C)C)cc1C. The molecule has 0 aliphatic carbocycles. The Balaban J connectivity index is 3.24. The zero-order valence-electron chi connectivity index (χ0n) is 12.1. The van der Waals surface area contributed by atoms with Gasteiger partial charge in [0.1, 0.15) is 10.9 Å². The summed E-state index contributed by atoms with van der Waals surface area (Å²) in [5.41, 5.74) is 12.8. The number of rotatable bonds is 5. The van der Waals surface area contributed by atoms with Crippen molar-refractivity contribution in [1.82, 2.24) is 4.72 Å². The van der Waals surface area contributed by atoms with Gasteiger partial charge >= 0.3 is 0 Å². The van der Waals surface area contributed by atoms with Crippen LogP contribution in [-0.4, -0.2) is 20.4 Å². The largest absolute Gasteiger partial charge is 0.398 e. The number of sulfonamides is 1. The lowest BCUT2D eigenvalue weighted by Crippen LogP contribution is -2.47. The summed E-state index contributed by atoms with van der Waals surface area (Å²) in [6.45, 7) is 7.06. The van der Waals surface area contributed by atoms with Crippen molar-refractivity contribution in [3.63, 3.8) is 0 Å². The summed E-state index contributed by atoms with van der Waals surface area (Å²) in [6.07, 6.45) is 0. The topological polar surface area (TPSA) is 115 Å². The quantitative estimate of drug-likeness (QED) is 0.693. The van der Waals surface area contributed by atoms with Crippen molar-refractivity contribution >= 4 is 21.6 Å². The van der Waals surface area contributed by atoms with Crippen molar-refractivity contribution < 1.29 is 13.2 Å². The summed E-state index contributed by atoms with van der Waals surface area (Å²) in [5.74, 6) is -0.971. The monoisotopic (exact) mass is 299 g/mol. The standard InChI is InChI=1S/C13H21N3O3S/c1-7(2)12(13(15)17)16-20(18,19)11-6-9(4)8(3)5-10(11)14/h5-7,12,16H,14H2,1-4H3,(H2,15,17). The van der Waals surface area contributed by atoms with Crippen LogP contribution in [0.5, 0.6) is 0 Å². The first-order valence-electron chi connectivity index (χ1n) is 6.24. The number of benzene rings is 1. The van der Waals surface area contributed by atoms with Gasteiger partial charge in [0.05, 0.1) is 5.69 Å². The van der Waals surface area contributed by atoms with Gasteiger partial charge in [0.25, 0.3) is 0 Å². The first-order valence-corrected chi connectivity index (χ1v) is 7.73. The van der Waals surface area contributed by atoms with Crippen LogP contribution in [0.1, 0.15) is 25.0 Å². The van der Waals surface area contributed by atoms with Gasteiger partial charge in [-0.15, -0.1) is 0 Å². The van der Waals surface area contributed by atoms with E-state index in [4.69, 9.17) is 11.5 Å². The van der Waals surface area contributed by atoms with Crippen molar-refractivity contribution in [1.29, 1.82) is 0 Å². The summed E-state index contributed by atoms with van der Waals surface area (Å²) in [5, 5.41) is 0. The highest BCUT2D eigenvalue weighted by atomic mass is 32.2. The number of hydrogen-bond acceptors (Lipinski definition) is 4. The van der Waals surface area contributed by atoms with Gasteiger partial charge in [-0.2, -0.15) is 4.72 Å². The maximum absolute atomic E-state index is 12.3. The lowest BCUT2D eigenvalue weighted by atomic mass is 10.1. The molecule has 0 aromatic heterocycles. The van der Waals surface area contributed by atoms with E-state index in [1.807, 2.05) is 6.92 Å². The fourth-order valence-electron chi connectivity index (χ4n) is 1.80. The summed E-state index contributed by atoms with van der Waals surface area (Å²) in [7, 11) is -3.90. The number of hydrogen-bond donors (Lipinski definition) is 3. The number of carbonyl (C=O) groups excluding carboxylic acids is 1. The Kier molecular flexibility index (Phi) is 4.77. The summed E-state index contributed by atoms with van der Waals surface area (Å²) >= 11 is 0. The van der Waals surface area contributed by atoms with Crippen molar-refractivity contribution in [2.45, 2.75) is 38.6 Å². The number of anilines is 1. The van der Waals surface area contributed by atoms with Crippen LogP contribution in [0.3, 0.4) is 0 Å². The second-order valence-electron chi connectivity index (χ2n) is 5.22. The Bertz CT molecular complexity index is 624. The van der Waals surface area contributed by atoms with Crippen molar-refractivity contribution in [2.24, 2.45) is 11.7 Å².